The van der Waals surface area contributed by atoms with E-state index in [1.165, 1.54) is 7.11 Å². The van der Waals surface area contributed by atoms with Crippen LogP contribution in [-0.2, 0) is 19.1 Å². The summed E-state index contributed by atoms with van der Waals surface area (Å²) in [6.07, 6.45) is 10.5. The average Bonchev–Trinajstić information content (AvgIpc) is 2.96. The van der Waals surface area contributed by atoms with Gasteiger partial charge < -0.3 is 19.5 Å². The van der Waals surface area contributed by atoms with E-state index in [2.05, 4.69) is 11.7 Å². The molecule has 6 heteroatoms. The Hall–Kier alpha value is -1.40. The molecule has 0 aromatic carbocycles. The molecule has 1 fully saturated rings. The summed E-state index contributed by atoms with van der Waals surface area (Å²) < 4.78 is 9.70. The van der Waals surface area contributed by atoms with Crippen LogP contribution in [0, 0.1) is 0 Å². The summed E-state index contributed by atoms with van der Waals surface area (Å²) in [4.78, 5) is 24.8. The normalized spacial score (nSPS) is 18.9. The third-order valence-electron chi connectivity index (χ3n) is 4.42. The van der Waals surface area contributed by atoms with Crippen molar-refractivity contribution in [3.05, 3.63) is 12.2 Å². The minimum Gasteiger partial charge on any atom is -0.467 e. The van der Waals surface area contributed by atoms with Crippen molar-refractivity contribution in [1.82, 2.24) is 4.90 Å². The molecule has 0 saturated carbocycles. The summed E-state index contributed by atoms with van der Waals surface area (Å²) in [5.41, 5.74) is 0. The predicted molar refractivity (Wildman–Crippen MR) is 96.1 cm³/mol. The number of unbranched alkanes of at least 4 members (excludes halogenated alkanes) is 3. The van der Waals surface area contributed by atoms with Crippen LogP contribution in [0.15, 0.2) is 12.2 Å². The molecule has 1 N–H and O–H groups in total. The summed E-state index contributed by atoms with van der Waals surface area (Å²) >= 11 is 0. The van der Waals surface area contributed by atoms with Gasteiger partial charge in [-0.15, -0.1) is 0 Å². The first-order valence-electron chi connectivity index (χ1n) is 9.38. The van der Waals surface area contributed by atoms with Gasteiger partial charge in [0.05, 0.1) is 19.3 Å². The highest BCUT2D eigenvalue weighted by atomic mass is 16.6. The molecule has 0 aromatic heterocycles. The van der Waals surface area contributed by atoms with Crippen molar-refractivity contribution >= 4 is 11.9 Å². The van der Waals surface area contributed by atoms with Crippen molar-refractivity contribution in [2.75, 3.05) is 26.9 Å². The van der Waals surface area contributed by atoms with Crippen molar-refractivity contribution in [3.63, 3.8) is 0 Å². The molecular weight excluding hydrogens is 322 g/mol. The van der Waals surface area contributed by atoms with E-state index in [9.17, 15) is 14.7 Å². The van der Waals surface area contributed by atoms with Crippen LogP contribution < -0.4 is 0 Å². The van der Waals surface area contributed by atoms with Crippen molar-refractivity contribution in [2.24, 2.45) is 0 Å². The fourth-order valence-electron chi connectivity index (χ4n) is 2.90. The largest absolute Gasteiger partial charge is 0.467 e. The van der Waals surface area contributed by atoms with E-state index in [1.54, 1.807) is 0 Å². The molecule has 0 spiro atoms. The van der Waals surface area contributed by atoms with Gasteiger partial charge in [-0.05, 0) is 25.7 Å². The number of hydrogen-bond donors (Lipinski definition) is 1. The van der Waals surface area contributed by atoms with Crippen molar-refractivity contribution < 1.29 is 24.2 Å². The Kier molecular flexibility index (Phi) is 11.2. The molecule has 0 aromatic rings. The first-order chi connectivity index (χ1) is 12.1. The standard InChI is InChI=1S/C19H33NO5/c1-3-4-5-8-17(21)11-9-16-10-12-18(22)20(16)13-6-7-14-25-15-19(23)24-2/h9,11,16-17,21H,3-8,10,12-15H2,1-2H3/t16-,17-/m0/s1. The van der Waals surface area contributed by atoms with Gasteiger partial charge in [0.15, 0.2) is 0 Å². The van der Waals surface area contributed by atoms with Gasteiger partial charge in [0.2, 0.25) is 5.91 Å². The number of aliphatic hydroxyl groups is 1. The molecule has 1 heterocycles. The summed E-state index contributed by atoms with van der Waals surface area (Å²) in [5.74, 6) is -0.206. The molecule has 1 aliphatic rings. The lowest BCUT2D eigenvalue weighted by Gasteiger charge is -2.22. The number of likely N-dealkylation sites (tertiary alicyclic amines) is 1. The van der Waals surface area contributed by atoms with Crippen LogP contribution in [0.4, 0.5) is 0 Å². The molecule has 1 amide bonds. The third-order valence-corrected chi connectivity index (χ3v) is 4.42. The van der Waals surface area contributed by atoms with E-state index < -0.39 is 6.10 Å². The van der Waals surface area contributed by atoms with E-state index in [0.29, 0.717) is 19.6 Å². The zero-order valence-corrected chi connectivity index (χ0v) is 15.6. The number of esters is 1. The van der Waals surface area contributed by atoms with E-state index in [4.69, 9.17) is 4.74 Å². The van der Waals surface area contributed by atoms with E-state index >= 15 is 0 Å². The van der Waals surface area contributed by atoms with Crippen LogP contribution in [-0.4, -0.2) is 60.9 Å². The summed E-state index contributed by atoms with van der Waals surface area (Å²) in [5, 5.41) is 9.98. The fraction of sp³-hybridized carbons (Fsp3) is 0.789. The van der Waals surface area contributed by atoms with Gasteiger partial charge in [0.25, 0.3) is 0 Å². The highest BCUT2D eigenvalue weighted by molar-refractivity contribution is 5.79. The number of carbonyl (C=O) groups is 2. The number of hydrogen-bond acceptors (Lipinski definition) is 5. The van der Waals surface area contributed by atoms with Crippen LogP contribution in [0.5, 0.6) is 0 Å². The Labute approximate surface area is 151 Å². The molecule has 25 heavy (non-hydrogen) atoms. The molecule has 0 aliphatic carbocycles. The monoisotopic (exact) mass is 355 g/mol. The van der Waals surface area contributed by atoms with Crippen LogP contribution in [0.1, 0.15) is 58.3 Å². The van der Waals surface area contributed by atoms with Gasteiger partial charge in [-0.2, -0.15) is 0 Å². The molecule has 1 rings (SSSR count). The lowest BCUT2D eigenvalue weighted by Crippen LogP contribution is -2.33. The number of amides is 1. The zero-order chi connectivity index (χ0) is 18.5. The van der Waals surface area contributed by atoms with Gasteiger partial charge in [-0.1, -0.05) is 38.3 Å². The van der Waals surface area contributed by atoms with Gasteiger partial charge >= 0.3 is 5.97 Å². The number of aliphatic hydroxyl groups excluding tert-OH is 1. The number of rotatable bonds is 13. The Balaban J connectivity index is 2.26. The third kappa shape index (κ3) is 9.02. The summed E-state index contributed by atoms with van der Waals surface area (Å²) in [7, 11) is 1.33. The highest BCUT2D eigenvalue weighted by Crippen LogP contribution is 2.21. The predicted octanol–water partition coefficient (Wildman–Crippen LogP) is 2.44. The molecular formula is C19H33NO5. The maximum absolute atomic E-state index is 12.0. The van der Waals surface area contributed by atoms with Crippen molar-refractivity contribution in [1.29, 1.82) is 0 Å². The quantitative estimate of drug-likeness (QED) is 0.312. The molecule has 0 bridgehead atoms. The van der Waals surface area contributed by atoms with Gasteiger partial charge in [-0.3, -0.25) is 4.79 Å². The lowest BCUT2D eigenvalue weighted by molar-refractivity contribution is -0.145. The number of nitrogens with zero attached hydrogens (tertiary/aromatic N) is 1. The first kappa shape index (κ1) is 21.6. The average molecular weight is 355 g/mol. The Morgan fingerprint density at radius 1 is 1.36 bits per heavy atom. The van der Waals surface area contributed by atoms with E-state index in [1.807, 2.05) is 17.1 Å². The number of carbonyl (C=O) groups excluding carboxylic acids is 2. The van der Waals surface area contributed by atoms with Crippen LogP contribution in [0.3, 0.4) is 0 Å². The maximum atomic E-state index is 12.0. The smallest absolute Gasteiger partial charge is 0.331 e. The van der Waals surface area contributed by atoms with Crippen molar-refractivity contribution in [2.45, 2.75) is 70.4 Å². The fourth-order valence-corrected chi connectivity index (χ4v) is 2.90. The zero-order valence-electron chi connectivity index (χ0n) is 15.6. The number of ether oxygens (including phenoxy) is 2. The molecule has 1 aliphatic heterocycles. The minimum absolute atomic E-state index is 0.0274. The first-order valence-corrected chi connectivity index (χ1v) is 9.38. The second kappa shape index (κ2) is 12.9. The van der Waals surface area contributed by atoms with Gasteiger partial charge in [0.1, 0.15) is 6.61 Å². The Morgan fingerprint density at radius 2 is 2.16 bits per heavy atom. The van der Waals surface area contributed by atoms with Crippen LogP contribution in [0.2, 0.25) is 0 Å². The van der Waals surface area contributed by atoms with Gasteiger partial charge in [0, 0.05) is 19.6 Å². The van der Waals surface area contributed by atoms with Crippen molar-refractivity contribution in [3.8, 4) is 0 Å². The van der Waals surface area contributed by atoms with E-state index in [0.717, 1.165) is 44.9 Å². The van der Waals surface area contributed by atoms with Gasteiger partial charge in [-0.25, -0.2) is 4.79 Å². The summed E-state index contributed by atoms with van der Waals surface area (Å²) in [6.45, 7) is 3.28. The number of methoxy groups -OCH3 is 1. The molecule has 0 unspecified atom stereocenters. The van der Waals surface area contributed by atoms with Crippen LogP contribution >= 0.6 is 0 Å². The molecule has 0 radical (unpaired) electrons. The maximum Gasteiger partial charge on any atom is 0.331 e. The molecule has 6 nitrogen and oxygen atoms in total. The summed E-state index contributed by atoms with van der Waals surface area (Å²) in [6, 6.07) is 0.0873. The highest BCUT2D eigenvalue weighted by Gasteiger charge is 2.28. The second-order valence-electron chi connectivity index (χ2n) is 6.48. The molecule has 1 saturated heterocycles. The minimum atomic E-state index is -0.421. The Bertz CT molecular complexity index is 424. The van der Waals surface area contributed by atoms with E-state index in [-0.39, 0.29) is 24.5 Å². The lowest BCUT2D eigenvalue weighted by atomic mass is 10.1. The SMILES string of the molecule is CCCCC[C@H](O)C=C[C@H]1CCC(=O)N1CCCCOCC(=O)OC. The molecule has 144 valence electrons. The molecule has 2 atom stereocenters. The second-order valence-corrected chi connectivity index (χ2v) is 6.48. The topological polar surface area (TPSA) is 76.1 Å². The van der Waals surface area contributed by atoms with Crippen LogP contribution in [0.25, 0.3) is 0 Å². The Morgan fingerprint density at radius 3 is 2.88 bits per heavy atom.